The third-order valence-electron chi connectivity index (χ3n) is 5.51. The van der Waals surface area contributed by atoms with Crippen LogP contribution in [0.15, 0.2) is 95.6 Å². The molecule has 0 aliphatic carbocycles. The molecule has 0 saturated carbocycles. The Morgan fingerprint density at radius 2 is 1.89 bits per heavy atom. The first-order valence-corrected chi connectivity index (χ1v) is 11.4. The maximum Gasteiger partial charge on any atom is 0.274 e. The van der Waals surface area contributed by atoms with Crippen molar-refractivity contribution in [2.24, 2.45) is 5.10 Å². The van der Waals surface area contributed by atoms with E-state index in [2.05, 4.69) is 30.8 Å². The molecule has 0 saturated heterocycles. The fraction of sp³-hybridized carbons (Fsp3) is 0.0714. The van der Waals surface area contributed by atoms with Gasteiger partial charge in [0.15, 0.2) is 5.78 Å². The van der Waals surface area contributed by atoms with Crippen molar-refractivity contribution in [3.63, 3.8) is 0 Å². The summed E-state index contributed by atoms with van der Waals surface area (Å²) in [7, 11) is 1.35. The minimum Gasteiger partial charge on any atom is -0.345 e. The average Bonchev–Trinajstić information content (AvgIpc) is 3.34. The summed E-state index contributed by atoms with van der Waals surface area (Å²) in [6.07, 6.45) is 7.16. The molecule has 0 spiro atoms. The molecule has 0 fully saturated rings. The van der Waals surface area contributed by atoms with Crippen molar-refractivity contribution in [3.05, 3.63) is 107 Å². The van der Waals surface area contributed by atoms with Gasteiger partial charge in [-0.15, -0.1) is 0 Å². The Labute approximate surface area is 216 Å². The molecule has 4 rings (SSSR count). The third kappa shape index (κ3) is 6.05. The summed E-state index contributed by atoms with van der Waals surface area (Å²) in [6, 6.07) is 14.3. The Kier molecular flexibility index (Phi) is 8.14. The van der Waals surface area contributed by atoms with Crippen LogP contribution in [-0.4, -0.2) is 35.0 Å². The van der Waals surface area contributed by atoms with E-state index in [9.17, 15) is 18.4 Å². The van der Waals surface area contributed by atoms with Gasteiger partial charge in [0.2, 0.25) is 0 Å². The van der Waals surface area contributed by atoms with E-state index < -0.39 is 17.4 Å². The van der Waals surface area contributed by atoms with Gasteiger partial charge in [0, 0.05) is 40.7 Å². The quantitative estimate of drug-likeness (QED) is 0.0866. The van der Waals surface area contributed by atoms with Crippen molar-refractivity contribution >= 4 is 34.6 Å². The van der Waals surface area contributed by atoms with Crippen LogP contribution in [0.5, 0.6) is 0 Å². The summed E-state index contributed by atoms with van der Waals surface area (Å²) in [4.78, 5) is 37.1. The molecule has 10 heteroatoms. The third-order valence-corrected chi connectivity index (χ3v) is 5.51. The van der Waals surface area contributed by atoms with Gasteiger partial charge in [-0.05, 0) is 61.0 Å². The van der Waals surface area contributed by atoms with Crippen LogP contribution in [0, 0.1) is 5.82 Å². The molecule has 192 valence electrons. The smallest absolute Gasteiger partial charge is 0.274 e. The second-order valence-corrected chi connectivity index (χ2v) is 8.07. The molecule has 0 atom stereocenters. The second kappa shape index (κ2) is 11.8. The lowest BCUT2D eigenvalue weighted by Crippen LogP contribution is -2.21. The van der Waals surface area contributed by atoms with Crippen LogP contribution >= 0.6 is 0 Å². The van der Waals surface area contributed by atoms with E-state index in [1.165, 1.54) is 56.8 Å². The first-order valence-electron chi connectivity index (χ1n) is 11.4. The van der Waals surface area contributed by atoms with Crippen molar-refractivity contribution in [2.45, 2.75) is 6.92 Å². The van der Waals surface area contributed by atoms with E-state index in [0.29, 0.717) is 27.8 Å². The molecule has 0 bridgehead atoms. The monoisotopic (exact) mass is 515 g/mol. The summed E-state index contributed by atoms with van der Waals surface area (Å²) in [5, 5.41) is 4.44. The molecule has 0 unspecified atom stereocenters. The van der Waals surface area contributed by atoms with Crippen molar-refractivity contribution in [1.82, 2.24) is 15.4 Å². The van der Waals surface area contributed by atoms with Crippen molar-refractivity contribution in [3.8, 4) is 11.1 Å². The van der Waals surface area contributed by atoms with Crippen molar-refractivity contribution < 1.29 is 23.2 Å². The first-order chi connectivity index (χ1) is 18.4. The number of hydroxylamine groups is 1. The van der Waals surface area contributed by atoms with Gasteiger partial charge in [-0.3, -0.25) is 19.9 Å². The number of Topliss-reactive ketones (excluding diaryl/α,β-unsaturated/α-hetero) is 1. The van der Waals surface area contributed by atoms with Gasteiger partial charge in [0.05, 0.1) is 18.4 Å². The van der Waals surface area contributed by atoms with E-state index in [1.54, 1.807) is 42.6 Å². The van der Waals surface area contributed by atoms with Gasteiger partial charge in [0.1, 0.15) is 17.3 Å². The number of anilines is 1. The predicted octanol–water partition coefficient (Wildman–Crippen LogP) is 5.74. The zero-order valence-electron chi connectivity index (χ0n) is 20.5. The number of pyridine rings is 1. The zero-order chi connectivity index (χ0) is 27.1. The highest BCUT2D eigenvalue weighted by molar-refractivity contribution is 6.17. The molecule has 2 aromatic carbocycles. The van der Waals surface area contributed by atoms with Crippen LogP contribution in [0.3, 0.4) is 0 Å². The average molecular weight is 516 g/mol. The molecule has 0 aliphatic rings. The van der Waals surface area contributed by atoms with Crippen LogP contribution in [0.2, 0.25) is 0 Å². The number of H-pyrrole nitrogens is 1. The number of nitrogens with one attached hydrogen (secondary N) is 3. The molecule has 4 aromatic rings. The number of aromatic amines is 1. The van der Waals surface area contributed by atoms with E-state index in [0.717, 1.165) is 5.56 Å². The van der Waals surface area contributed by atoms with Gasteiger partial charge < -0.3 is 4.98 Å². The number of nitrogens with zero attached hydrogens (tertiary/aromatic N) is 2. The van der Waals surface area contributed by atoms with Crippen molar-refractivity contribution in [2.75, 3.05) is 12.5 Å². The molecular weight excluding hydrogens is 492 g/mol. The van der Waals surface area contributed by atoms with E-state index in [4.69, 9.17) is 0 Å². The fourth-order valence-electron chi connectivity index (χ4n) is 3.66. The predicted molar refractivity (Wildman–Crippen MR) is 142 cm³/mol. The Bertz CT molecular complexity index is 1570. The van der Waals surface area contributed by atoms with Gasteiger partial charge in [-0.25, -0.2) is 19.2 Å². The Hall–Kier alpha value is -4.96. The van der Waals surface area contributed by atoms with E-state index in [1.807, 2.05) is 0 Å². The maximum absolute atomic E-state index is 14.4. The van der Waals surface area contributed by atoms with Gasteiger partial charge in [0.25, 0.3) is 5.91 Å². The Morgan fingerprint density at radius 1 is 1.11 bits per heavy atom. The molecule has 3 N–H and O–H groups in total. The summed E-state index contributed by atoms with van der Waals surface area (Å²) >= 11 is 0. The maximum atomic E-state index is 14.4. The fourth-order valence-corrected chi connectivity index (χ4v) is 3.66. The Balaban J connectivity index is 1.55. The van der Waals surface area contributed by atoms with Crippen LogP contribution in [0.1, 0.15) is 27.6 Å². The highest BCUT2D eigenvalue weighted by Crippen LogP contribution is 2.27. The lowest BCUT2D eigenvalue weighted by Gasteiger charge is -2.06. The largest absolute Gasteiger partial charge is 0.345 e. The minimum absolute atomic E-state index is 0.151. The number of allylic oxidation sites excluding steroid dienone is 4. The number of amides is 1. The molecule has 8 nitrogen and oxygen atoms in total. The molecule has 1 amide bonds. The highest BCUT2D eigenvalue weighted by atomic mass is 19.1. The van der Waals surface area contributed by atoms with Crippen molar-refractivity contribution in [1.29, 1.82) is 0 Å². The van der Waals surface area contributed by atoms with Crippen LogP contribution in [-0.2, 0) is 4.84 Å². The number of rotatable bonds is 9. The summed E-state index contributed by atoms with van der Waals surface area (Å²) < 4.78 is 27.6. The zero-order valence-corrected chi connectivity index (χ0v) is 20.5. The molecule has 2 aromatic heterocycles. The molecule has 2 heterocycles. The molecule has 0 aliphatic heterocycles. The van der Waals surface area contributed by atoms with Gasteiger partial charge >= 0.3 is 0 Å². The number of halogens is 2. The van der Waals surface area contributed by atoms with E-state index in [-0.39, 0.29) is 17.0 Å². The van der Waals surface area contributed by atoms with Crippen LogP contribution in [0.25, 0.3) is 22.2 Å². The standard InChI is InChI=1S/C28H23F2N5O3/c1-17(29)23(7-4-12-33-34-22-6-3-5-21(30)14-22)26(36)25-16-32-27-24(25)13-20(15-31-27)18-8-10-19(11-9-18)28(37)35-38-2/h3-16,34H,1-2H3,(H,31,32)(H,35,37)/b7-4-,23-17-,33-12+. The molecule has 38 heavy (non-hydrogen) atoms. The number of ketones is 1. The summed E-state index contributed by atoms with van der Waals surface area (Å²) in [5.74, 6) is -1.99. The number of fused-ring (bicyclic) bond motifs is 1. The number of hydrogen-bond donors (Lipinski definition) is 3. The topological polar surface area (TPSA) is 108 Å². The number of carbonyl (C=O) groups excluding carboxylic acids is 2. The SMILES string of the molecule is CONC(=O)c1ccc(-c2cnc3[nH]cc(C(=O)C(/C=C\C=N\Nc4cccc(F)c4)=C(/C)F)c3c2)cc1. The van der Waals surface area contributed by atoms with Gasteiger partial charge in [-0.1, -0.05) is 18.2 Å². The lowest BCUT2D eigenvalue weighted by molar-refractivity contribution is 0.0537. The number of hydrogen-bond acceptors (Lipinski definition) is 6. The molecule has 0 radical (unpaired) electrons. The number of benzene rings is 2. The Morgan fingerprint density at radius 3 is 2.61 bits per heavy atom. The minimum atomic E-state index is -0.666. The van der Waals surface area contributed by atoms with E-state index >= 15 is 0 Å². The number of aromatic nitrogens is 2. The molecular formula is C28H23F2N5O3. The van der Waals surface area contributed by atoms with Gasteiger partial charge in [-0.2, -0.15) is 5.10 Å². The highest BCUT2D eigenvalue weighted by Gasteiger charge is 2.18. The first kappa shape index (κ1) is 26.1. The number of hydrazone groups is 1. The normalized spacial score (nSPS) is 12.2. The lowest BCUT2D eigenvalue weighted by atomic mass is 10.00. The number of carbonyl (C=O) groups is 2. The second-order valence-electron chi connectivity index (χ2n) is 8.07. The summed E-state index contributed by atoms with van der Waals surface area (Å²) in [5.41, 5.74) is 7.80. The summed E-state index contributed by atoms with van der Waals surface area (Å²) in [6.45, 7) is 1.19. The van der Waals surface area contributed by atoms with Crippen LogP contribution in [0.4, 0.5) is 14.5 Å². The van der Waals surface area contributed by atoms with Crippen LogP contribution < -0.4 is 10.9 Å².